The molecule has 1 saturated carbocycles. The first-order valence-electron chi connectivity index (χ1n) is 4.99. The number of fused-ring (bicyclic) bond motifs is 2. The van der Waals surface area contributed by atoms with Gasteiger partial charge in [-0.2, -0.15) is 0 Å². The van der Waals surface area contributed by atoms with Crippen molar-refractivity contribution in [3.05, 3.63) is 0 Å². The third-order valence-corrected chi connectivity index (χ3v) is 3.12. The molecular weight excluding hydrogens is 134 g/mol. The van der Waals surface area contributed by atoms with Crippen LogP contribution in [0.5, 0.6) is 0 Å². The summed E-state index contributed by atoms with van der Waals surface area (Å²) in [6.45, 7) is 7.39. The molecule has 2 fully saturated rings. The second-order valence-corrected chi connectivity index (χ2v) is 4.68. The first-order chi connectivity index (χ1) is 5.25. The van der Waals surface area contributed by atoms with E-state index in [1.54, 1.807) is 0 Å². The van der Waals surface area contributed by atoms with E-state index in [1.807, 2.05) is 0 Å². The zero-order valence-corrected chi connectivity index (χ0v) is 7.71. The Bertz CT molecular complexity index is 142. The maximum atomic E-state index is 2.71. The van der Waals surface area contributed by atoms with E-state index >= 15 is 0 Å². The Morgan fingerprint density at radius 2 is 2.18 bits per heavy atom. The Morgan fingerprint density at radius 1 is 1.36 bits per heavy atom. The molecule has 0 amide bonds. The predicted octanol–water partition coefficient (Wildman–Crippen LogP) is 2.13. The van der Waals surface area contributed by atoms with Gasteiger partial charge in [-0.1, -0.05) is 13.8 Å². The zero-order valence-electron chi connectivity index (χ0n) is 7.71. The van der Waals surface area contributed by atoms with Gasteiger partial charge in [-0.05, 0) is 31.1 Å². The molecule has 1 heterocycles. The van der Waals surface area contributed by atoms with E-state index < -0.39 is 0 Å². The van der Waals surface area contributed by atoms with Crippen molar-refractivity contribution in [2.75, 3.05) is 13.1 Å². The number of hydrogen-bond acceptors (Lipinski definition) is 1. The smallest absolute Gasteiger partial charge is 0.00987 e. The van der Waals surface area contributed by atoms with Crippen molar-refractivity contribution >= 4 is 0 Å². The third-order valence-electron chi connectivity index (χ3n) is 3.12. The van der Waals surface area contributed by atoms with Gasteiger partial charge in [0, 0.05) is 19.1 Å². The van der Waals surface area contributed by atoms with Crippen LogP contribution in [0.15, 0.2) is 0 Å². The second kappa shape index (κ2) is 2.78. The molecule has 2 rings (SSSR count). The highest BCUT2D eigenvalue weighted by atomic mass is 15.2. The van der Waals surface area contributed by atoms with E-state index in [9.17, 15) is 0 Å². The second-order valence-electron chi connectivity index (χ2n) is 4.68. The quantitative estimate of drug-likeness (QED) is 0.587. The summed E-state index contributed by atoms with van der Waals surface area (Å²) in [5.74, 6) is 1.92. The standard InChI is InChI=1S/C10H19N/c1-8(2)6-11-7-9-3-4-10(11)5-9/h8-10H,3-7H2,1-2H3/t9-,10?/m0/s1. The lowest BCUT2D eigenvalue weighted by Crippen LogP contribution is -2.34. The summed E-state index contributed by atoms with van der Waals surface area (Å²) in [6.07, 6.45) is 4.50. The van der Waals surface area contributed by atoms with Gasteiger partial charge in [-0.15, -0.1) is 0 Å². The molecule has 11 heavy (non-hydrogen) atoms. The molecule has 1 saturated heterocycles. The molecule has 1 unspecified atom stereocenters. The molecule has 0 aromatic heterocycles. The molecule has 1 aliphatic carbocycles. The largest absolute Gasteiger partial charge is 0.300 e. The first kappa shape index (κ1) is 7.60. The fraction of sp³-hybridized carbons (Fsp3) is 1.00. The van der Waals surface area contributed by atoms with Crippen LogP contribution >= 0.6 is 0 Å². The highest BCUT2D eigenvalue weighted by molar-refractivity contribution is 4.92. The van der Waals surface area contributed by atoms with Crippen molar-refractivity contribution in [2.24, 2.45) is 11.8 Å². The molecular formula is C10H19N. The minimum absolute atomic E-state index is 0.856. The van der Waals surface area contributed by atoms with Crippen LogP contribution in [-0.2, 0) is 0 Å². The molecule has 2 aliphatic rings. The van der Waals surface area contributed by atoms with Crippen LogP contribution in [0, 0.1) is 11.8 Å². The maximum absolute atomic E-state index is 2.71. The number of likely N-dealkylation sites (tertiary alicyclic amines) is 1. The van der Waals surface area contributed by atoms with Gasteiger partial charge in [0.2, 0.25) is 0 Å². The minimum atomic E-state index is 0.856. The van der Waals surface area contributed by atoms with E-state index in [2.05, 4.69) is 18.7 Å². The molecule has 2 atom stereocenters. The topological polar surface area (TPSA) is 3.24 Å². The monoisotopic (exact) mass is 153 g/mol. The fourth-order valence-corrected chi connectivity index (χ4v) is 2.72. The van der Waals surface area contributed by atoms with Crippen LogP contribution in [0.4, 0.5) is 0 Å². The normalized spacial score (nSPS) is 37.4. The molecule has 0 N–H and O–H groups in total. The van der Waals surface area contributed by atoms with Crippen LogP contribution in [-0.4, -0.2) is 24.0 Å². The summed E-state index contributed by atoms with van der Waals surface area (Å²) in [6, 6.07) is 0.974. The van der Waals surface area contributed by atoms with E-state index in [4.69, 9.17) is 0 Å². The average molecular weight is 153 g/mol. The minimum Gasteiger partial charge on any atom is -0.300 e. The summed E-state index contributed by atoms with van der Waals surface area (Å²) >= 11 is 0. The van der Waals surface area contributed by atoms with Crippen LogP contribution in [0.1, 0.15) is 33.1 Å². The summed E-state index contributed by atoms with van der Waals surface area (Å²) in [4.78, 5) is 2.71. The van der Waals surface area contributed by atoms with E-state index in [0.29, 0.717) is 0 Å². The number of hydrogen-bond donors (Lipinski definition) is 0. The predicted molar refractivity (Wildman–Crippen MR) is 47.5 cm³/mol. The summed E-state index contributed by atoms with van der Waals surface area (Å²) in [5.41, 5.74) is 0. The third kappa shape index (κ3) is 1.44. The molecule has 0 aromatic rings. The van der Waals surface area contributed by atoms with Crippen molar-refractivity contribution in [1.29, 1.82) is 0 Å². The van der Waals surface area contributed by atoms with Gasteiger partial charge in [0.25, 0.3) is 0 Å². The lowest BCUT2D eigenvalue weighted by molar-refractivity contribution is 0.192. The van der Waals surface area contributed by atoms with Gasteiger partial charge in [0.1, 0.15) is 0 Å². The summed E-state index contributed by atoms with van der Waals surface area (Å²) < 4.78 is 0. The first-order valence-corrected chi connectivity index (χ1v) is 4.99. The van der Waals surface area contributed by atoms with Crippen molar-refractivity contribution in [2.45, 2.75) is 39.2 Å². The summed E-state index contributed by atoms with van der Waals surface area (Å²) in [5, 5.41) is 0. The van der Waals surface area contributed by atoms with Crippen molar-refractivity contribution in [3.8, 4) is 0 Å². The van der Waals surface area contributed by atoms with E-state index in [0.717, 1.165) is 17.9 Å². The summed E-state index contributed by atoms with van der Waals surface area (Å²) in [7, 11) is 0. The SMILES string of the molecule is CC(C)CN1C[C@H]2CCC1C2. The van der Waals surface area contributed by atoms with Crippen molar-refractivity contribution < 1.29 is 0 Å². The van der Waals surface area contributed by atoms with Gasteiger partial charge in [-0.25, -0.2) is 0 Å². The fourth-order valence-electron chi connectivity index (χ4n) is 2.72. The number of nitrogens with zero attached hydrogens (tertiary/aromatic N) is 1. The molecule has 0 radical (unpaired) electrons. The van der Waals surface area contributed by atoms with E-state index in [-0.39, 0.29) is 0 Å². The highest BCUT2D eigenvalue weighted by Gasteiger charge is 2.37. The van der Waals surface area contributed by atoms with Crippen LogP contribution < -0.4 is 0 Å². The van der Waals surface area contributed by atoms with Gasteiger partial charge < -0.3 is 0 Å². The Morgan fingerprint density at radius 3 is 2.64 bits per heavy atom. The molecule has 64 valence electrons. The molecule has 0 aromatic carbocycles. The van der Waals surface area contributed by atoms with E-state index in [1.165, 1.54) is 32.4 Å². The Hall–Kier alpha value is -0.0400. The van der Waals surface area contributed by atoms with Crippen LogP contribution in [0.3, 0.4) is 0 Å². The van der Waals surface area contributed by atoms with Crippen molar-refractivity contribution in [1.82, 2.24) is 4.90 Å². The molecule has 0 spiro atoms. The van der Waals surface area contributed by atoms with Crippen molar-refractivity contribution in [3.63, 3.8) is 0 Å². The highest BCUT2D eigenvalue weighted by Crippen LogP contribution is 2.37. The molecule has 1 aliphatic heterocycles. The zero-order chi connectivity index (χ0) is 7.84. The lowest BCUT2D eigenvalue weighted by atomic mass is 10.1. The number of piperidine rings is 1. The Kier molecular flexibility index (Phi) is 1.92. The van der Waals surface area contributed by atoms with Crippen LogP contribution in [0.2, 0.25) is 0 Å². The molecule has 2 bridgehead atoms. The van der Waals surface area contributed by atoms with Gasteiger partial charge >= 0.3 is 0 Å². The molecule has 1 nitrogen and oxygen atoms in total. The van der Waals surface area contributed by atoms with Gasteiger partial charge in [-0.3, -0.25) is 4.90 Å². The Balaban J connectivity index is 1.87. The number of rotatable bonds is 2. The Labute approximate surface area is 69.8 Å². The maximum Gasteiger partial charge on any atom is 0.00987 e. The van der Waals surface area contributed by atoms with Gasteiger partial charge in [0.05, 0.1) is 0 Å². The van der Waals surface area contributed by atoms with Crippen LogP contribution in [0.25, 0.3) is 0 Å². The lowest BCUT2D eigenvalue weighted by Gasteiger charge is -2.28. The molecule has 1 heteroatoms. The average Bonchev–Trinajstić information content (AvgIpc) is 2.45. The van der Waals surface area contributed by atoms with Gasteiger partial charge in [0.15, 0.2) is 0 Å².